The number of aryl methyl sites for hydroxylation is 1. The van der Waals surface area contributed by atoms with Gasteiger partial charge in [0.25, 0.3) is 0 Å². The number of hydrogen-bond acceptors (Lipinski definition) is 2. The van der Waals surface area contributed by atoms with Gasteiger partial charge in [-0.15, -0.1) is 0 Å². The zero-order valence-corrected chi connectivity index (χ0v) is 10.2. The maximum absolute atomic E-state index is 13.8. The smallest absolute Gasteiger partial charge is 0.150 e. The highest BCUT2D eigenvalue weighted by molar-refractivity contribution is 5.79. The molecule has 0 aliphatic rings. The van der Waals surface area contributed by atoms with Gasteiger partial charge in [0.15, 0.2) is 0 Å². The molecule has 0 aromatic heterocycles. The van der Waals surface area contributed by atoms with Crippen LogP contribution in [0.4, 0.5) is 4.39 Å². The largest absolute Gasteiger partial charge is 0.497 e. The molecule has 0 saturated carbocycles. The van der Waals surface area contributed by atoms with Gasteiger partial charge in [0.1, 0.15) is 17.9 Å². The monoisotopic (exact) mass is 244 g/mol. The molecule has 18 heavy (non-hydrogen) atoms. The molecule has 0 fully saturated rings. The minimum atomic E-state index is -0.311. The number of methoxy groups -OCH3 is 1. The molecule has 0 amide bonds. The molecule has 2 rings (SSSR count). The second-order valence-electron chi connectivity index (χ2n) is 4.03. The molecule has 2 aromatic rings. The van der Waals surface area contributed by atoms with Crippen molar-refractivity contribution in [1.29, 1.82) is 0 Å². The molecule has 0 saturated heterocycles. The van der Waals surface area contributed by atoms with Gasteiger partial charge in [-0.25, -0.2) is 4.39 Å². The highest BCUT2D eigenvalue weighted by atomic mass is 19.1. The Bertz CT molecular complexity index is 591. The Morgan fingerprint density at radius 3 is 2.56 bits per heavy atom. The van der Waals surface area contributed by atoms with Gasteiger partial charge in [-0.1, -0.05) is 18.2 Å². The normalized spacial score (nSPS) is 10.2. The Labute approximate surface area is 105 Å². The Morgan fingerprint density at radius 2 is 1.94 bits per heavy atom. The highest BCUT2D eigenvalue weighted by Crippen LogP contribution is 2.28. The van der Waals surface area contributed by atoms with E-state index in [1.54, 1.807) is 30.3 Å². The molecular weight excluding hydrogens is 231 g/mol. The van der Waals surface area contributed by atoms with Crippen LogP contribution in [-0.2, 0) is 0 Å². The van der Waals surface area contributed by atoms with Gasteiger partial charge in [0.2, 0.25) is 0 Å². The summed E-state index contributed by atoms with van der Waals surface area (Å²) >= 11 is 0. The van der Waals surface area contributed by atoms with Crippen molar-refractivity contribution in [2.45, 2.75) is 6.92 Å². The molecule has 0 N–H and O–H groups in total. The van der Waals surface area contributed by atoms with Crippen LogP contribution in [0.3, 0.4) is 0 Å². The molecule has 2 aromatic carbocycles. The van der Waals surface area contributed by atoms with E-state index in [0.29, 0.717) is 16.9 Å². The van der Waals surface area contributed by atoms with Gasteiger partial charge in [0, 0.05) is 11.1 Å². The van der Waals surface area contributed by atoms with Crippen molar-refractivity contribution < 1.29 is 13.9 Å². The lowest BCUT2D eigenvalue weighted by Crippen LogP contribution is -1.91. The third-order valence-electron chi connectivity index (χ3n) is 2.88. The summed E-state index contributed by atoms with van der Waals surface area (Å²) in [4.78, 5) is 10.7. The lowest BCUT2D eigenvalue weighted by molar-refractivity contribution is 0.112. The second kappa shape index (κ2) is 5.00. The van der Waals surface area contributed by atoms with Gasteiger partial charge >= 0.3 is 0 Å². The van der Waals surface area contributed by atoms with E-state index in [-0.39, 0.29) is 5.82 Å². The summed E-state index contributed by atoms with van der Waals surface area (Å²) in [6, 6.07) is 9.81. The first-order valence-corrected chi connectivity index (χ1v) is 5.55. The number of benzene rings is 2. The Hall–Kier alpha value is -2.16. The van der Waals surface area contributed by atoms with Crippen LogP contribution in [0.5, 0.6) is 5.75 Å². The number of carbonyl (C=O) groups is 1. The van der Waals surface area contributed by atoms with Crippen LogP contribution in [0, 0.1) is 12.7 Å². The summed E-state index contributed by atoms with van der Waals surface area (Å²) in [5.74, 6) is 0.289. The molecule has 0 spiro atoms. The van der Waals surface area contributed by atoms with E-state index >= 15 is 0 Å². The topological polar surface area (TPSA) is 26.3 Å². The maximum Gasteiger partial charge on any atom is 0.150 e. The van der Waals surface area contributed by atoms with Crippen LogP contribution < -0.4 is 4.74 Å². The van der Waals surface area contributed by atoms with E-state index in [9.17, 15) is 9.18 Å². The lowest BCUT2D eigenvalue weighted by Gasteiger charge is -2.08. The van der Waals surface area contributed by atoms with E-state index in [0.717, 1.165) is 17.4 Å². The molecule has 0 aliphatic carbocycles. The standard InChI is InChI=1S/C15H13FO2/c1-10-7-11(3-4-12(10)9-17)14-8-13(18-2)5-6-15(14)16/h3-9H,1-2H3. The predicted molar refractivity (Wildman–Crippen MR) is 68.5 cm³/mol. The summed E-state index contributed by atoms with van der Waals surface area (Å²) in [5, 5.41) is 0. The SMILES string of the molecule is COc1ccc(F)c(-c2ccc(C=O)c(C)c2)c1. The lowest BCUT2D eigenvalue weighted by atomic mass is 10.00. The van der Waals surface area contributed by atoms with Crippen molar-refractivity contribution in [3.8, 4) is 16.9 Å². The number of carbonyl (C=O) groups excluding carboxylic acids is 1. The van der Waals surface area contributed by atoms with Gasteiger partial charge in [-0.05, 0) is 36.2 Å². The van der Waals surface area contributed by atoms with E-state index in [4.69, 9.17) is 4.74 Å². The quantitative estimate of drug-likeness (QED) is 0.771. The van der Waals surface area contributed by atoms with Crippen LogP contribution >= 0.6 is 0 Å². The summed E-state index contributed by atoms with van der Waals surface area (Å²) in [7, 11) is 1.54. The highest BCUT2D eigenvalue weighted by Gasteiger charge is 2.08. The average Bonchev–Trinajstić information content (AvgIpc) is 2.39. The minimum absolute atomic E-state index is 0.311. The first-order valence-electron chi connectivity index (χ1n) is 5.55. The van der Waals surface area contributed by atoms with Gasteiger partial charge in [-0.2, -0.15) is 0 Å². The van der Waals surface area contributed by atoms with E-state index in [1.165, 1.54) is 13.2 Å². The molecule has 0 heterocycles. The van der Waals surface area contributed by atoms with Crippen LogP contribution in [-0.4, -0.2) is 13.4 Å². The molecule has 3 heteroatoms. The third-order valence-corrected chi connectivity index (χ3v) is 2.88. The first-order chi connectivity index (χ1) is 8.65. The molecule has 0 bridgehead atoms. The summed E-state index contributed by atoms with van der Waals surface area (Å²) in [6.07, 6.45) is 0.793. The molecular formula is C15H13FO2. The van der Waals surface area contributed by atoms with Crippen LogP contribution in [0.1, 0.15) is 15.9 Å². The predicted octanol–water partition coefficient (Wildman–Crippen LogP) is 3.62. The molecule has 0 atom stereocenters. The second-order valence-corrected chi connectivity index (χ2v) is 4.03. The van der Waals surface area contributed by atoms with Gasteiger partial charge < -0.3 is 4.74 Å². The van der Waals surface area contributed by atoms with Gasteiger partial charge in [0.05, 0.1) is 7.11 Å². The molecule has 2 nitrogen and oxygen atoms in total. The number of halogens is 1. The fourth-order valence-corrected chi connectivity index (χ4v) is 1.83. The number of rotatable bonds is 3. The number of ether oxygens (including phenoxy) is 1. The number of hydrogen-bond donors (Lipinski definition) is 0. The molecule has 0 radical (unpaired) electrons. The van der Waals surface area contributed by atoms with Crippen molar-refractivity contribution in [3.63, 3.8) is 0 Å². The van der Waals surface area contributed by atoms with Gasteiger partial charge in [-0.3, -0.25) is 4.79 Å². The van der Waals surface area contributed by atoms with Crippen molar-refractivity contribution in [2.24, 2.45) is 0 Å². The Balaban J connectivity index is 2.54. The third kappa shape index (κ3) is 2.25. The van der Waals surface area contributed by atoms with E-state index < -0.39 is 0 Å². The van der Waals surface area contributed by atoms with Crippen LogP contribution in [0.15, 0.2) is 36.4 Å². The van der Waals surface area contributed by atoms with Crippen molar-refractivity contribution >= 4 is 6.29 Å². The summed E-state index contributed by atoms with van der Waals surface area (Å²) in [6.45, 7) is 1.82. The maximum atomic E-state index is 13.8. The van der Waals surface area contributed by atoms with E-state index in [2.05, 4.69) is 0 Å². The molecule has 0 unspecified atom stereocenters. The summed E-state index contributed by atoms with van der Waals surface area (Å²) < 4.78 is 18.9. The van der Waals surface area contributed by atoms with Crippen molar-refractivity contribution in [2.75, 3.05) is 7.11 Å². The molecule has 92 valence electrons. The van der Waals surface area contributed by atoms with Crippen LogP contribution in [0.2, 0.25) is 0 Å². The Kier molecular flexibility index (Phi) is 3.42. The fourth-order valence-electron chi connectivity index (χ4n) is 1.83. The fraction of sp³-hybridized carbons (Fsp3) is 0.133. The first kappa shape index (κ1) is 12.3. The minimum Gasteiger partial charge on any atom is -0.497 e. The zero-order chi connectivity index (χ0) is 13.1. The number of aldehydes is 1. The Morgan fingerprint density at radius 1 is 1.17 bits per heavy atom. The molecule has 0 aliphatic heterocycles. The van der Waals surface area contributed by atoms with E-state index in [1.807, 2.05) is 6.92 Å². The summed E-state index contributed by atoms with van der Waals surface area (Å²) in [5.41, 5.74) is 2.64. The average molecular weight is 244 g/mol. The van der Waals surface area contributed by atoms with Crippen molar-refractivity contribution in [3.05, 3.63) is 53.3 Å². The van der Waals surface area contributed by atoms with Crippen LogP contribution in [0.25, 0.3) is 11.1 Å². The zero-order valence-electron chi connectivity index (χ0n) is 10.2. The van der Waals surface area contributed by atoms with Crippen molar-refractivity contribution in [1.82, 2.24) is 0 Å².